The number of anilines is 1. The summed E-state index contributed by atoms with van der Waals surface area (Å²) in [4.78, 5) is 14.4. The number of sulfonamides is 1. The zero-order chi connectivity index (χ0) is 17.9. The van der Waals surface area contributed by atoms with Crippen LogP contribution in [0.15, 0.2) is 53.4 Å². The van der Waals surface area contributed by atoms with E-state index in [2.05, 4.69) is 10.0 Å². The fourth-order valence-electron chi connectivity index (χ4n) is 2.68. The maximum atomic E-state index is 12.6. The first-order valence-electron chi connectivity index (χ1n) is 8.15. The van der Waals surface area contributed by atoms with Crippen LogP contribution in [0.25, 0.3) is 0 Å². The van der Waals surface area contributed by atoms with Crippen molar-refractivity contribution in [1.29, 1.82) is 0 Å². The van der Waals surface area contributed by atoms with Gasteiger partial charge in [-0.2, -0.15) is 0 Å². The second-order valence-corrected chi connectivity index (χ2v) is 7.72. The molecule has 132 valence electrons. The first-order chi connectivity index (χ1) is 12.0. The fourth-order valence-corrected chi connectivity index (χ4v) is 3.79. The predicted octanol–water partition coefficient (Wildman–Crippen LogP) is 1.84. The van der Waals surface area contributed by atoms with Crippen molar-refractivity contribution in [3.05, 3.63) is 59.7 Å². The molecule has 1 saturated heterocycles. The van der Waals surface area contributed by atoms with Gasteiger partial charge in [0, 0.05) is 37.4 Å². The quantitative estimate of drug-likeness (QED) is 0.873. The third-order valence-corrected chi connectivity index (χ3v) is 5.48. The van der Waals surface area contributed by atoms with Crippen LogP contribution < -0.4 is 10.0 Å². The Morgan fingerprint density at radius 1 is 1.08 bits per heavy atom. The van der Waals surface area contributed by atoms with Gasteiger partial charge in [-0.25, -0.2) is 8.42 Å². The maximum Gasteiger partial charge on any atom is 0.261 e. The Morgan fingerprint density at radius 2 is 1.76 bits per heavy atom. The van der Waals surface area contributed by atoms with Crippen molar-refractivity contribution >= 4 is 21.6 Å². The van der Waals surface area contributed by atoms with Crippen LogP contribution in [-0.2, 0) is 10.0 Å². The van der Waals surface area contributed by atoms with Gasteiger partial charge in [0.1, 0.15) is 0 Å². The van der Waals surface area contributed by atoms with Gasteiger partial charge in [-0.3, -0.25) is 9.52 Å². The third-order valence-electron chi connectivity index (χ3n) is 4.10. The van der Waals surface area contributed by atoms with Crippen molar-refractivity contribution in [1.82, 2.24) is 10.2 Å². The van der Waals surface area contributed by atoms with Crippen LogP contribution >= 0.6 is 0 Å². The van der Waals surface area contributed by atoms with E-state index in [-0.39, 0.29) is 10.8 Å². The Balaban J connectivity index is 1.82. The summed E-state index contributed by atoms with van der Waals surface area (Å²) in [6.07, 6.45) is 0. The van der Waals surface area contributed by atoms with Crippen LogP contribution in [0.2, 0.25) is 0 Å². The van der Waals surface area contributed by atoms with Crippen LogP contribution in [-0.4, -0.2) is 45.4 Å². The van der Waals surface area contributed by atoms with Gasteiger partial charge in [-0.05, 0) is 37.3 Å². The van der Waals surface area contributed by atoms with Crippen molar-refractivity contribution in [2.45, 2.75) is 11.8 Å². The molecule has 0 aromatic heterocycles. The molecule has 7 heteroatoms. The van der Waals surface area contributed by atoms with Gasteiger partial charge in [0.15, 0.2) is 0 Å². The summed E-state index contributed by atoms with van der Waals surface area (Å²) in [6, 6.07) is 13.3. The first kappa shape index (κ1) is 17.4. The summed E-state index contributed by atoms with van der Waals surface area (Å²) >= 11 is 0. The van der Waals surface area contributed by atoms with Gasteiger partial charge in [0.2, 0.25) is 0 Å². The Morgan fingerprint density at radius 3 is 2.44 bits per heavy atom. The normalized spacial score (nSPS) is 15.0. The molecule has 2 N–H and O–H groups in total. The molecule has 6 nitrogen and oxygen atoms in total. The molecule has 2 aromatic rings. The van der Waals surface area contributed by atoms with Crippen LogP contribution in [0, 0.1) is 6.92 Å². The molecule has 25 heavy (non-hydrogen) atoms. The lowest BCUT2D eigenvalue weighted by atomic mass is 10.2. The molecular weight excluding hydrogens is 338 g/mol. The van der Waals surface area contributed by atoms with E-state index in [1.807, 2.05) is 19.1 Å². The molecule has 1 aliphatic rings. The molecule has 0 saturated carbocycles. The molecule has 0 aliphatic carbocycles. The van der Waals surface area contributed by atoms with E-state index in [4.69, 9.17) is 0 Å². The number of hydrogen-bond donors (Lipinski definition) is 2. The molecule has 1 amide bonds. The zero-order valence-electron chi connectivity index (χ0n) is 14.0. The molecule has 0 unspecified atom stereocenters. The highest BCUT2D eigenvalue weighted by atomic mass is 32.2. The van der Waals surface area contributed by atoms with E-state index in [0.29, 0.717) is 24.3 Å². The number of hydrogen-bond acceptors (Lipinski definition) is 4. The largest absolute Gasteiger partial charge is 0.336 e. The summed E-state index contributed by atoms with van der Waals surface area (Å²) < 4.78 is 27.7. The number of aryl methyl sites for hydroxylation is 1. The standard InChI is InChI=1S/C18H21N3O3S/c1-14-5-7-16(8-6-14)20-25(23,24)17-4-2-3-15(13-17)18(22)21-11-9-19-10-12-21/h2-8,13,19-20H,9-12H2,1H3. The number of carbonyl (C=O) groups excluding carboxylic acids is 1. The number of benzene rings is 2. The molecular formula is C18H21N3O3S. The van der Waals surface area contributed by atoms with E-state index in [1.54, 1.807) is 29.2 Å². The van der Waals surface area contributed by atoms with E-state index < -0.39 is 10.0 Å². The maximum absolute atomic E-state index is 12.6. The van der Waals surface area contributed by atoms with Crippen LogP contribution in [0.3, 0.4) is 0 Å². The van der Waals surface area contributed by atoms with Crippen molar-refractivity contribution < 1.29 is 13.2 Å². The molecule has 0 spiro atoms. The monoisotopic (exact) mass is 359 g/mol. The molecule has 2 aromatic carbocycles. The minimum atomic E-state index is -3.75. The molecule has 3 rings (SSSR count). The van der Waals surface area contributed by atoms with Crippen molar-refractivity contribution in [3.8, 4) is 0 Å². The number of nitrogens with zero attached hydrogens (tertiary/aromatic N) is 1. The lowest BCUT2D eigenvalue weighted by Crippen LogP contribution is -2.46. The Kier molecular flexibility index (Phi) is 5.06. The van der Waals surface area contributed by atoms with Crippen LogP contribution in [0.1, 0.15) is 15.9 Å². The number of nitrogens with one attached hydrogen (secondary N) is 2. The Bertz CT molecular complexity index is 857. The summed E-state index contributed by atoms with van der Waals surface area (Å²) in [6.45, 7) is 4.68. The molecule has 1 fully saturated rings. The third kappa shape index (κ3) is 4.18. The smallest absolute Gasteiger partial charge is 0.261 e. The topological polar surface area (TPSA) is 78.5 Å². The lowest BCUT2D eigenvalue weighted by Gasteiger charge is -2.27. The van der Waals surface area contributed by atoms with Crippen LogP contribution in [0.5, 0.6) is 0 Å². The predicted molar refractivity (Wildman–Crippen MR) is 97.2 cm³/mol. The summed E-state index contributed by atoms with van der Waals surface area (Å²) in [7, 11) is -3.75. The first-order valence-corrected chi connectivity index (χ1v) is 9.63. The average molecular weight is 359 g/mol. The van der Waals surface area contributed by atoms with Gasteiger partial charge in [-0.15, -0.1) is 0 Å². The molecule has 0 bridgehead atoms. The van der Waals surface area contributed by atoms with Gasteiger partial charge in [0.25, 0.3) is 15.9 Å². The van der Waals surface area contributed by atoms with Gasteiger partial charge >= 0.3 is 0 Å². The van der Waals surface area contributed by atoms with E-state index in [9.17, 15) is 13.2 Å². The van der Waals surface area contributed by atoms with Crippen molar-refractivity contribution in [3.63, 3.8) is 0 Å². The highest BCUT2D eigenvalue weighted by molar-refractivity contribution is 7.92. The summed E-state index contributed by atoms with van der Waals surface area (Å²) in [5.74, 6) is -0.145. The molecule has 1 heterocycles. The number of carbonyl (C=O) groups is 1. The number of rotatable bonds is 4. The minimum absolute atomic E-state index is 0.0778. The zero-order valence-corrected chi connectivity index (χ0v) is 14.8. The highest BCUT2D eigenvalue weighted by Crippen LogP contribution is 2.18. The molecule has 1 aliphatic heterocycles. The Hall–Kier alpha value is -2.38. The second kappa shape index (κ2) is 7.25. The summed E-state index contributed by atoms with van der Waals surface area (Å²) in [5.41, 5.74) is 1.92. The summed E-state index contributed by atoms with van der Waals surface area (Å²) in [5, 5.41) is 3.19. The Labute approximate surface area is 147 Å². The SMILES string of the molecule is Cc1ccc(NS(=O)(=O)c2cccc(C(=O)N3CCNCC3)c2)cc1. The van der Waals surface area contributed by atoms with Gasteiger partial charge in [-0.1, -0.05) is 23.8 Å². The van der Waals surface area contributed by atoms with Crippen molar-refractivity contribution in [2.75, 3.05) is 30.9 Å². The van der Waals surface area contributed by atoms with Gasteiger partial charge < -0.3 is 10.2 Å². The highest BCUT2D eigenvalue weighted by Gasteiger charge is 2.21. The van der Waals surface area contributed by atoms with Crippen LogP contribution in [0.4, 0.5) is 5.69 Å². The van der Waals surface area contributed by atoms with Gasteiger partial charge in [0.05, 0.1) is 4.90 Å². The van der Waals surface area contributed by atoms with E-state index >= 15 is 0 Å². The van der Waals surface area contributed by atoms with E-state index in [1.165, 1.54) is 12.1 Å². The second-order valence-electron chi connectivity index (χ2n) is 6.04. The number of amides is 1. The molecule has 0 atom stereocenters. The molecule has 0 radical (unpaired) electrons. The fraction of sp³-hybridized carbons (Fsp3) is 0.278. The van der Waals surface area contributed by atoms with Crippen molar-refractivity contribution in [2.24, 2.45) is 0 Å². The van der Waals surface area contributed by atoms with E-state index in [0.717, 1.165) is 18.7 Å². The minimum Gasteiger partial charge on any atom is -0.336 e. The lowest BCUT2D eigenvalue weighted by molar-refractivity contribution is 0.0735. The average Bonchev–Trinajstić information content (AvgIpc) is 2.64. The number of piperazine rings is 1.